The molecule has 0 aliphatic carbocycles. The molecule has 0 bridgehead atoms. The highest BCUT2D eigenvalue weighted by Crippen LogP contribution is 2.36. The Balaban J connectivity index is 1.70. The third-order valence-electron chi connectivity index (χ3n) is 5.36. The van der Waals surface area contributed by atoms with Crippen LogP contribution in [0, 0.1) is 0 Å². The maximum Gasteiger partial charge on any atom is 0.416 e. The number of rotatable bonds is 8. The van der Waals surface area contributed by atoms with Gasteiger partial charge in [0.15, 0.2) is 11.5 Å². The second kappa shape index (κ2) is 10.1. The standard InChI is InChI=1S/C23H28F3N3O3/c1-28(14-16-6-9-20(31-2)21(12-16)32-3)15-22(30)27-18-13-17(23(24,25)26)7-8-19(18)29-10-4-5-11-29/h6-9,12-13H,4-5,10-11,14-15H2,1-3H3,(H,27,30). The van der Waals surface area contributed by atoms with E-state index in [-0.39, 0.29) is 18.1 Å². The number of benzene rings is 2. The van der Waals surface area contributed by atoms with Crippen LogP contribution in [0.15, 0.2) is 36.4 Å². The molecular weight excluding hydrogens is 423 g/mol. The van der Waals surface area contributed by atoms with Gasteiger partial charge in [-0.15, -0.1) is 0 Å². The molecule has 1 N–H and O–H groups in total. The fourth-order valence-electron chi connectivity index (χ4n) is 3.83. The number of carbonyl (C=O) groups is 1. The largest absolute Gasteiger partial charge is 0.493 e. The Morgan fingerprint density at radius 1 is 1.06 bits per heavy atom. The SMILES string of the molecule is COc1ccc(CN(C)CC(=O)Nc2cc(C(F)(F)F)ccc2N2CCCC2)cc1OC. The summed E-state index contributed by atoms with van der Waals surface area (Å²) >= 11 is 0. The lowest BCUT2D eigenvalue weighted by Gasteiger charge is -2.24. The Bertz CT molecular complexity index is 944. The highest BCUT2D eigenvalue weighted by atomic mass is 19.4. The summed E-state index contributed by atoms with van der Waals surface area (Å²) in [7, 11) is 4.87. The summed E-state index contributed by atoms with van der Waals surface area (Å²) in [6, 6.07) is 9.00. The molecule has 1 fully saturated rings. The number of hydrogen-bond donors (Lipinski definition) is 1. The molecule has 0 radical (unpaired) electrons. The molecule has 1 saturated heterocycles. The first-order valence-corrected chi connectivity index (χ1v) is 10.4. The zero-order valence-corrected chi connectivity index (χ0v) is 18.5. The van der Waals surface area contributed by atoms with Gasteiger partial charge in [-0.3, -0.25) is 9.69 Å². The van der Waals surface area contributed by atoms with Gasteiger partial charge < -0.3 is 19.7 Å². The van der Waals surface area contributed by atoms with E-state index in [1.165, 1.54) is 6.07 Å². The van der Waals surface area contributed by atoms with E-state index in [0.29, 0.717) is 23.7 Å². The number of ether oxygens (including phenoxy) is 2. The lowest BCUT2D eigenvalue weighted by Crippen LogP contribution is -2.30. The molecule has 0 unspecified atom stereocenters. The first-order valence-electron chi connectivity index (χ1n) is 10.4. The maximum absolute atomic E-state index is 13.2. The van der Waals surface area contributed by atoms with Crippen LogP contribution in [0.25, 0.3) is 0 Å². The molecule has 2 aromatic carbocycles. The van der Waals surface area contributed by atoms with Crippen molar-refractivity contribution in [2.45, 2.75) is 25.6 Å². The van der Waals surface area contributed by atoms with Crippen molar-refractivity contribution in [1.82, 2.24) is 4.90 Å². The summed E-state index contributed by atoms with van der Waals surface area (Å²) in [6.45, 7) is 1.99. The van der Waals surface area contributed by atoms with Crippen molar-refractivity contribution >= 4 is 17.3 Å². The number of hydrogen-bond acceptors (Lipinski definition) is 5. The molecule has 0 spiro atoms. The van der Waals surface area contributed by atoms with Crippen molar-refractivity contribution in [3.63, 3.8) is 0 Å². The van der Waals surface area contributed by atoms with E-state index in [9.17, 15) is 18.0 Å². The van der Waals surface area contributed by atoms with Gasteiger partial charge >= 0.3 is 6.18 Å². The van der Waals surface area contributed by atoms with Gasteiger partial charge in [0.1, 0.15) is 0 Å². The van der Waals surface area contributed by atoms with Crippen LogP contribution in [-0.2, 0) is 17.5 Å². The molecule has 0 atom stereocenters. The molecule has 1 aliphatic rings. The maximum atomic E-state index is 13.2. The monoisotopic (exact) mass is 451 g/mol. The first-order chi connectivity index (χ1) is 15.2. The van der Waals surface area contributed by atoms with Gasteiger partial charge in [0.2, 0.25) is 5.91 Å². The fourth-order valence-corrected chi connectivity index (χ4v) is 3.83. The zero-order chi connectivity index (χ0) is 23.3. The minimum atomic E-state index is -4.48. The van der Waals surface area contributed by atoms with Crippen LogP contribution in [0.4, 0.5) is 24.5 Å². The number of nitrogens with one attached hydrogen (secondary N) is 1. The summed E-state index contributed by atoms with van der Waals surface area (Å²) in [5.74, 6) is 0.811. The van der Waals surface area contributed by atoms with Crippen LogP contribution < -0.4 is 19.7 Å². The predicted octanol–water partition coefficient (Wildman–Crippen LogP) is 4.39. The summed E-state index contributed by atoms with van der Waals surface area (Å²) in [5, 5.41) is 2.69. The fraction of sp³-hybridized carbons (Fsp3) is 0.435. The van der Waals surface area contributed by atoms with Crippen LogP contribution in [-0.4, -0.2) is 51.7 Å². The average Bonchev–Trinajstić information content (AvgIpc) is 3.27. The molecule has 2 aromatic rings. The van der Waals surface area contributed by atoms with Crippen molar-refractivity contribution in [3.05, 3.63) is 47.5 Å². The summed E-state index contributed by atoms with van der Waals surface area (Å²) in [6.07, 6.45) is -2.53. The van der Waals surface area contributed by atoms with Crippen molar-refractivity contribution in [3.8, 4) is 11.5 Å². The minimum Gasteiger partial charge on any atom is -0.493 e. The van der Waals surface area contributed by atoms with E-state index >= 15 is 0 Å². The Morgan fingerprint density at radius 2 is 1.75 bits per heavy atom. The van der Waals surface area contributed by atoms with Crippen LogP contribution in [0.5, 0.6) is 11.5 Å². The third kappa shape index (κ3) is 5.85. The van der Waals surface area contributed by atoms with Gasteiger partial charge in [-0.05, 0) is 55.8 Å². The molecule has 0 saturated carbocycles. The zero-order valence-electron chi connectivity index (χ0n) is 18.5. The number of halogens is 3. The molecule has 1 amide bonds. The van der Waals surface area contributed by atoms with E-state index in [2.05, 4.69) is 5.32 Å². The molecular formula is C23H28F3N3O3. The molecule has 32 heavy (non-hydrogen) atoms. The van der Waals surface area contributed by atoms with Crippen LogP contribution in [0.3, 0.4) is 0 Å². The molecule has 9 heteroatoms. The predicted molar refractivity (Wildman–Crippen MR) is 117 cm³/mol. The smallest absolute Gasteiger partial charge is 0.416 e. The average molecular weight is 451 g/mol. The molecule has 1 heterocycles. The normalized spacial score (nSPS) is 14.0. The molecule has 1 aliphatic heterocycles. The number of amides is 1. The number of likely N-dealkylation sites (N-methyl/N-ethyl adjacent to an activating group) is 1. The number of nitrogens with zero attached hydrogens (tertiary/aromatic N) is 2. The highest BCUT2D eigenvalue weighted by Gasteiger charge is 2.32. The molecule has 6 nitrogen and oxygen atoms in total. The number of methoxy groups -OCH3 is 2. The molecule has 0 aromatic heterocycles. The lowest BCUT2D eigenvalue weighted by molar-refractivity contribution is -0.137. The minimum absolute atomic E-state index is 0.0179. The molecule has 3 rings (SSSR count). The molecule has 174 valence electrons. The van der Waals surface area contributed by atoms with Gasteiger partial charge in [0.25, 0.3) is 0 Å². The van der Waals surface area contributed by atoms with E-state index in [0.717, 1.165) is 43.6 Å². The summed E-state index contributed by atoms with van der Waals surface area (Å²) < 4.78 is 50.2. The van der Waals surface area contributed by atoms with Crippen LogP contribution in [0.2, 0.25) is 0 Å². The second-order valence-electron chi connectivity index (χ2n) is 7.83. The summed E-state index contributed by atoms with van der Waals surface area (Å²) in [5.41, 5.74) is 0.932. The first kappa shape index (κ1) is 23.7. The van der Waals surface area contributed by atoms with E-state index in [1.54, 1.807) is 32.2 Å². The van der Waals surface area contributed by atoms with Gasteiger partial charge in [0, 0.05) is 19.6 Å². The van der Waals surface area contributed by atoms with E-state index in [4.69, 9.17) is 9.47 Å². The quantitative estimate of drug-likeness (QED) is 0.645. The number of carbonyl (C=O) groups excluding carboxylic acids is 1. The van der Waals surface area contributed by atoms with Crippen molar-refractivity contribution in [2.75, 3.05) is 51.1 Å². The second-order valence-corrected chi connectivity index (χ2v) is 7.83. The van der Waals surface area contributed by atoms with E-state index < -0.39 is 11.7 Å². The van der Waals surface area contributed by atoms with Gasteiger partial charge in [0.05, 0.1) is 37.7 Å². The van der Waals surface area contributed by atoms with Gasteiger partial charge in [-0.1, -0.05) is 6.07 Å². The van der Waals surface area contributed by atoms with Gasteiger partial charge in [-0.2, -0.15) is 13.2 Å². The Morgan fingerprint density at radius 3 is 2.38 bits per heavy atom. The van der Waals surface area contributed by atoms with Crippen molar-refractivity contribution < 1.29 is 27.4 Å². The Hall–Kier alpha value is -2.94. The van der Waals surface area contributed by atoms with Gasteiger partial charge in [-0.25, -0.2) is 0 Å². The lowest BCUT2D eigenvalue weighted by atomic mass is 10.1. The van der Waals surface area contributed by atoms with Crippen molar-refractivity contribution in [2.24, 2.45) is 0 Å². The van der Waals surface area contributed by atoms with Crippen LogP contribution >= 0.6 is 0 Å². The van der Waals surface area contributed by atoms with E-state index in [1.807, 2.05) is 17.0 Å². The summed E-state index contributed by atoms with van der Waals surface area (Å²) in [4.78, 5) is 16.4. The number of anilines is 2. The third-order valence-corrected chi connectivity index (χ3v) is 5.36. The Kier molecular flexibility index (Phi) is 7.50. The van der Waals surface area contributed by atoms with Crippen molar-refractivity contribution in [1.29, 1.82) is 0 Å². The number of alkyl halides is 3. The highest BCUT2D eigenvalue weighted by molar-refractivity contribution is 5.95. The van der Waals surface area contributed by atoms with Crippen LogP contribution in [0.1, 0.15) is 24.0 Å². The Labute approximate surface area is 185 Å². The topological polar surface area (TPSA) is 54.0 Å².